The Morgan fingerprint density at radius 2 is 1.78 bits per heavy atom. The van der Waals surface area contributed by atoms with Crippen LogP contribution in [0, 0.1) is 0 Å². The van der Waals surface area contributed by atoms with E-state index in [4.69, 9.17) is 11.6 Å². The minimum atomic E-state index is -0.645. The molecule has 0 spiro atoms. The monoisotopic (exact) mass is 326 g/mol. The lowest BCUT2D eigenvalue weighted by Gasteiger charge is -2.24. The van der Waals surface area contributed by atoms with E-state index < -0.39 is 6.10 Å². The number of nitrogens with one attached hydrogen (secondary N) is 1. The number of likely N-dealkylation sites (N-methyl/N-ethyl adjacent to an activating group) is 1. The van der Waals surface area contributed by atoms with Crippen LogP contribution in [0.4, 0.5) is 0 Å². The van der Waals surface area contributed by atoms with Crippen LogP contribution in [-0.4, -0.2) is 23.7 Å². The Hall–Kier alpha value is -1.94. The van der Waals surface area contributed by atoms with Crippen molar-refractivity contribution >= 4 is 22.4 Å². The molecule has 0 saturated carbocycles. The Kier molecular flexibility index (Phi) is 4.91. The van der Waals surface area contributed by atoms with Gasteiger partial charge in [-0.25, -0.2) is 4.98 Å². The number of rotatable bonds is 5. The van der Waals surface area contributed by atoms with Crippen LogP contribution >= 0.6 is 11.6 Å². The van der Waals surface area contributed by atoms with Crippen molar-refractivity contribution in [3.05, 3.63) is 77.1 Å². The SMILES string of the molecule is CNC[C@@H](c1ccc2ccccc2c1)[C@@H](O)c1ccc(Cl)nc1. The van der Waals surface area contributed by atoms with Gasteiger partial charge in [0.25, 0.3) is 0 Å². The number of aliphatic hydroxyl groups is 1. The maximum absolute atomic E-state index is 10.8. The van der Waals surface area contributed by atoms with Crippen LogP contribution in [0.2, 0.25) is 5.15 Å². The van der Waals surface area contributed by atoms with Crippen molar-refractivity contribution < 1.29 is 5.11 Å². The van der Waals surface area contributed by atoms with Crippen LogP contribution in [0.15, 0.2) is 60.8 Å². The molecular weight excluding hydrogens is 308 g/mol. The summed E-state index contributed by atoms with van der Waals surface area (Å²) in [6, 6.07) is 18.1. The molecule has 3 rings (SSSR count). The van der Waals surface area contributed by atoms with Gasteiger partial charge in [0, 0.05) is 18.7 Å². The van der Waals surface area contributed by atoms with Crippen LogP contribution in [0.25, 0.3) is 10.8 Å². The number of nitrogens with zero attached hydrogens (tertiary/aromatic N) is 1. The fraction of sp³-hybridized carbons (Fsp3) is 0.211. The van der Waals surface area contributed by atoms with Crippen LogP contribution in [-0.2, 0) is 0 Å². The highest BCUT2D eigenvalue weighted by Gasteiger charge is 2.22. The molecule has 2 N–H and O–H groups in total. The molecule has 2 aromatic carbocycles. The number of hydrogen-bond acceptors (Lipinski definition) is 3. The lowest BCUT2D eigenvalue weighted by Crippen LogP contribution is -2.23. The summed E-state index contributed by atoms with van der Waals surface area (Å²) in [5, 5.41) is 16.8. The number of benzene rings is 2. The number of aliphatic hydroxyl groups excluding tert-OH is 1. The number of fused-ring (bicyclic) bond motifs is 1. The van der Waals surface area contributed by atoms with Gasteiger partial charge in [-0.3, -0.25) is 0 Å². The third-order valence-electron chi connectivity index (χ3n) is 4.10. The predicted molar refractivity (Wildman–Crippen MR) is 94.8 cm³/mol. The van der Waals surface area contributed by atoms with Crippen molar-refractivity contribution in [3.63, 3.8) is 0 Å². The van der Waals surface area contributed by atoms with Crippen molar-refractivity contribution in [2.75, 3.05) is 13.6 Å². The molecule has 118 valence electrons. The summed E-state index contributed by atoms with van der Waals surface area (Å²) in [6.45, 7) is 0.669. The van der Waals surface area contributed by atoms with Crippen LogP contribution in [0.1, 0.15) is 23.1 Å². The highest BCUT2D eigenvalue weighted by atomic mass is 35.5. The summed E-state index contributed by atoms with van der Waals surface area (Å²) in [4.78, 5) is 4.07. The van der Waals surface area contributed by atoms with E-state index in [-0.39, 0.29) is 5.92 Å². The Balaban J connectivity index is 1.97. The van der Waals surface area contributed by atoms with Gasteiger partial charge in [-0.1, -0.05) is 60.1 Å². The van der Waals surface area contributed by atoms with E-state index >= 15 is 0 Å². The molecule has 23 heavy (non-hydrogen) atoms. The van der Waals surface area contributed by atoms with Gasteiger partial charge in [0.2, 0.25) is 0 Å². The molecule has 0 amide bonds. The molecule has 0 bridgehead atoms. The van der Waals surface area contributed by atoms with Crippen LogP contribution in [0.5, 0.6) is 0 Å². The minimum Gasteiger partial charge on any atom is -0.388 e. The zero-order chi connectivity index (χ0) is 16.2. The molecule has 0 unspecified atom stereocenters. The Labute approximate surface area is 140 Å². The molecule has 0 aliphatic carbocycles. The second-order valence-corrected chi connectivity index (χ2v) is 6.02. The van der Waals surface area contributed by atoms with E-state index in [1.807, 2.05) is 25.2 Å². The van der Waals surface area contributed by atoms with Gasteiger partial charge in [0.05, 0.1) is 6.10 Å². The topological polar surface area (TPSA) is 45.1 Å². The molecule has 1 aromatic heterocycles. The lowest BCUT2D eigenvalue weighted by atomic mass is 9.88. The Morgan fingerprint density at radius 3 is 2.48 bits per heavy atom. The smallest absolute Gasteiger partial charge is 0.129 e. The van der Waals surface area contributed by atoms with E-state index in [0.717, 1.165) is 11.1 Å². The summed E-state index contributed by atoms with van der Waals surface area (Å²) in [5.41, 5.74) is 1.86. The van der Waals surface area contributed by atoms with E-state index in [2.05, 4.69) is 40.6 Å². The highest BCUT2D eigenvalue weighted by Crippen LogP contribution is 2.32. The average molecular weight is 327 g/mol. The zero-order valence-corrected chi connectivity index (χ0v) is 13.7. The largest absolute Gasteiger partial charge is 0.388 e. The van der Waals surface area contributed by atoms with Crippen molar-refractivity contribution in [1.82, 2.24) is 10.3 Å². The standard InChI is InChI=1S/C19H19ClN2O/c1-21-12-17(19(23)16-8-9-18(20)22-11-16)15-7-6-13-4-2-3-5-14(13)10-15/h2-11,17,19,21,23H,12H2,1H3/t17-,19-/m0/s1. The molecule has 0 aliphatic rings. The number of pyridine rings is 1. The normalized spacial score (nSPS) is 13.9. The summed E-state index contributed by atoms with van der Waals surface area (Å²) < 4.78 is 0. The number of aromatic nitrogens is 1. The maximum atomic E-state index is 10.8. The molecule has 4 heteroatoms. The first-order valence-electron chi connectivity index (χ1n) is 7.62. The molecule has 0 fully saturated rings. The second-order valence-electron chi connectivity index (χ2n) is 5.63. The van der Waals surface area contributed by atoms with E-state index in [1.54, 1.807) is 12.3 Å². The quantitative estimate of drug-likeness (QED) is 0.698. The van der Waals surface area contributed by atoms with Crippen molar-refractivity contribution in [1.29, 1.82) is 0 Å². The van der Waals surface area contributed by atoms with E-state index in [9.17, 15) is 5.11 Å². The number of hydrogen-bond donors (Lipinski definition) is 2. The van der Waals surface area contributed by atoms with Crippen molar-refractivity contribution in [3.8, 4) is 0 Å². The third-order valence-corrected chi connectivity index (χ3v) is 4.32. The molecule has 1 heterocycles. The highest BCUT2D eigenvalue weighted by molar-refractivity contribution is 6.29. The molecule has 3 aromatic rings. The minimum absolute atomic E-state index is 0.0624. The molecular formula is C19H19ClN2O. The zero-order valence-electron chi connectivity index (χ0n) is 12.9. The van der Waals surface area contributed by atoms with Gasteiger partial charge in [-0.05, 0) is 35.0 Å². The fourth-order valence-corrected chi connectivity index (χ4v) is 2.98. The summed E-state index contributed by atoms with van der Waals surface area (Å²) >= 11 is 5.83. The molecule has 3 nitrogen and oxygen atoms in total. The van der Waals surface area contributed by atoms with Crippen LogP contribution in [0.3, 0.4) is 0 Å². The van der Waals surface area contributed by atoms with Gasteiger partial charge in [0.1, 0.15) is 5.15 Å². The maximum Gasteiger partial charge on any atom is 0.129 e. The summed E-state index contributed by atoms with van der Waals surface area (Å²) in [6.07, 6.45) is 0.991. The Morgan fingerprint density at radius 1 is 1.04 bits per heavy atom. The van der Waals surface area contributed by atoms with Crippen LogP contribution < -0.4 is 5.32 Å². The first-order chi connectivity index (χ1) is 11.2. The second kappa shape index (κ2) is 7.09. The summed E-state index contributed by atoms with van der Waals surface area (Å²) in [7, 11) is 1.89. The number of halogens is 1. The van der Waals surface area contributed by atoms with Gasteiger partial charge in [0.15, 0.2) is 0 Å². The average Bonchev–Trinajstić information content (AvgIpc) is 2.59. The van der Waals surface area contributed by atoms with E-state index in [0.29, 0.717) is 11.7 Å². The van der Waals surface area contributed by atoms with Crippen molar-refractivity contribution in [2.45, 2.75) is 12.0 Å². The molecule has 0 radical (unpaired) electrons. The van der Waals surface area contributed by atoms with Gasteiger partial charge < -0.3 is 10.4 Å². The van der Waals surface area contributed by atoms with Gasteiger partial charge in [-0.2, -0.15) is 0 Å². The molecule has 0 aliphatic heterocycles. The first kappa shape index (κ1) is 15.9. The van der Waals surface area contributed by atoms with Gasteiger partial charge >= 0.3 is 0 Å². The molecule has 2 atom stereocenters. The third kappa shape index (κ3) is 3.53. The first-order valence-corrected chi connectivity index (χ1v) is 7.99. The fourth-order valence-electron chi connectivity index (χ4n) is 2.86. The van der Waals surface area contributed by atoms with Crippen molar-refractivity contribution in [2.24, 2.45) is 0 Å². The molecule has 0 saturated heterocycles. The van der Waals surface area contributed by atoms with Gasteiger partial charge in [-0.15, -0.1) is 0 Å². The predicted octanol–water partition coefficient (Wildman–Crippen LogP) is 3.92. The lowest BCUT2D eigenvalue weighted by molar-refractivity contribution is 0.144. The Bertz CT molecular complexity index is 789. The summed E-state index contributed by atoms with van der Waals surface area (Å²) in [5.74, 6) is -0.0624. The van der Waals surface area contributed by atoms with E-state index in [1.165, 1.54) is 10.8 Å².